The minimum absolute atomic E-state index is 0.200. The average Bonchev–Trinajstić information content (AvgIpc) is 2.18. The van der Waals surface area contributed by atoms with Crippen LogP contribution in [0.25, 0.3) is 0 Å². The summed E-state index contributed by atoms with van der Waals surface area (Å²) in [6.45, 7) is 1.96. The summed E-state index contributed by atoms with van der Waals surface area (Å²) in [5.74, 6) is 0.271. The molecule has 1 atom stereocenters. The molecule has 2 nitrogen and oxygen atoms in total. The predicted molar refractivity (Wildman–Crippen MR) is 64.3 cm³/mol. The summed E-state index contributed by atoms with van der Waals surface area (Å²) in [5, 5.41) is 8.79. The van der Waals surface area contributed by atoms with Crippen molar-refractivity contribution in [3.63, 3.8) is 0 Å². The number of aliphatic carboxylic acids is 1. The van der Waals surface area contributed by atoms with Gasteiger partial charge in [0.15, 0.2) is 0 Å². The number of aryl methyl sites for hydroxylation is 1. The fourth-order valence-electron chi connectivity index (χ4n) is 1.33. The summed E-state index contributed by atoms with van der Waals surface area (Å²) in [7, 11) is 0. The average molecular weight is 224 g/mol. The topological polar surface area (TPSA) is 37.3 Å². The van der Waals surface area contributed by atoms with Crippen LogP contribution in [0.2, 0.25) is 0 Å². The third-order valence-corrected chi connectivity index (χ3v) is 3.27. The van der Waals surface area contributed by atoms with Gasteiger partial charge in [0.1, 0.15) is 0 Å². The molecule has 82 valence electrons. The SMILES string of the molecule is CC(CC(=O)O)SCCc1ccccc1. The van der Waals surface area contributed by atoms with Gasteiger partial charge in [-0.1, -0.05) is 37.3 Å². The molecule has 1 N–H and O–H groups in total. The van der Waals surface area contributed by atoms with Crippen molar-refractivity contribution in [2.75, 3.05) is 5.75 Å². The van der Waals surface area contributed by atoms with Crippen LogP contribution in [0.5, 0.6) is 0 Å². The molecule has 0 aliphatic heterocycles. The van der Waals surface area contributed by atoms with Crippen LogP contribution in [-0.4, -0.2) is 22.1 Å². The van der Waals surface area contributed by atoms with Gasteiger partial charge in [-0.15, -0.1) is 0 Å². The van der Waals surface area contributed by atoms with Gasteiger partial charge in [-0.3, -0.25) is 4.79 Å². The van der Waals surface area contributed by atoms with Crippen molar-refractivity contribution in [3.8, 4) is 0 Å². The van der Waals surface area contributed by atoms with E-state index >= 15 is 0 Å². The van der Waals surface area contributed by atoms with Crippen molar-refractivity contribution in [2.45, 2.75) is 25.0 Å². The van der Waals surface area contributed by atoms with E-state index in [1.807, 2.05) is 25.1 Å². The van der Waals surface area contributed by atoms with Gasteiger partial charge in [0.2, 0.25) is 0 Å². The smallest absolute Gasteiger partial charge is 0.304 e. The lowest BCUT2D eigenvalue weighted by Gasteiger charge is -2.07. The second-order valence-corrected chi connectivity index (χ2v) is 5.06. The molecule has 0 amide bonds. The van der Waals surface area contributed by atoms with Crippen molar-refractivity contribution in [1.29, 1.82) is 0 Å². The van der Waals surface area contributed by atoms with E-state index < -0.39 is 5.97 Å². The molecule has 1 rings (SSSR count). The molecule has 15 heavy (non-hydrogen) atoms. The highest BCUT2D eigenvalue weighted by molar-refractivity contribution is 7.99. The zero-order valence-electron chi connectivity index (χ0n) is 8.85. The van der Waals surface area contributed by atoms with Gasteiger partial charge >= 0.3 is 5.97 Å². The van der Waals surface area contributed by atoms with Gasteiger partial charge in [-0.2, -0.15) is 11.8 Å². The quantitative estimate of drug-likeness (QED) is 0.807. The Bertz CT molecular complexity index is 298. The summed E-state index contributed by atoms with van der Waals surface area (Å²) in [4.78, 5) is 10.4. The number of benzene rings is 1. The third-order valence-electron chi connectivity index (χ3n) is 2.10. The normalized spacial score (nSPS) is 12.3. The first kappa shape index (κ1) is 12.1. The van der Waals surface area contributed by atoms with Crippen LogP contribution >= 0.6 is 11.8 Å². The summed E-state index contributed by atoms with van der Waals surface area (Å²) >= 11 is 1.72. The van der Waals surface area contributed by atoms with Gasteiger partial charge in [-0.25, -0.2) is 0 Å². The first-order valence-electron chi connectivity index (χ1n) is 5.06. The van der Waals surface area contributed by atoms with Crippen LogP contribution in [0.1, 0.15) is 18.9 Å². The fourth-order valence-corrected chi connectivity index (χ4v) is 2.34. The van der Waals surface area contributed by atoms with Crippen LogP contribution < -0.4 is 0 Å². The molecule has 0 heterocycles. The Morgan fingerprint density at radius 2 is 2.07 bits per heavy atom. The summed E-state index contributed by atoms with van der Waals surface area (Å²) in [6, 6.07) is 10.3. The molecular weight excluding hydrogens is 208 g/mol. The summed E-state index contributed by atoms with van der Waals surface area (Å²) < 4.78 is 0. The first-order valence-corrected chi connectivity index (χ1v) is 6.10. The summed E-state index contributed by atoms with van der Waals surface area (Å²) in [6.07, 6.45) is 1.26. The lowest BCUT2D eigenvalue weighted by Crippen LogP contribution is -2.06. The van der Waals surface area contributed by atoms with Gasteiger partial charge in [0.25, 0.3) is 0 Å². The van der Waals surface area contributed by atoms with Crippen LogP contribution in [0.3, 0.4) is 0 Å². The molecular formula is C12H16O2S. The monoisotopic (exact) mass is 224 g/mol. The molecule has 0 spiro atoms. The Morgan fingerprint density at radius 1 is 1.40 bits per heavy atom. The number of thioether (sulfide) groups is 1. The number of carboxylic acids is 1. The minimum Gasteiger partial charge on any atom is -0.481 e. The zero-order chi connectivity index (χ0) is 11.1. The molecule has 3 heteroatoms. The lowest BCUT2D eigenvalue weighted by atomic mass is 10.2. The maximum absolute atomic E-state index is 10.4. The molecule has 1 unspecified atom stereocenters. The Balaban J connectivity index is 2.19. The van der Waals surface area contributed by atoms with Gasteiger partial charge in [0, 0.05) is 5.25 Å². The zero-order valence-corrected chi connectivity index (χ0v) is 9.67. The molecule has 0 saturated heterocycles. The van der Waals surface area contributed by atoms with E-state index in [0.29, 0.717) is 0 Å². The Morgan fingerprint density at radius 3 is 2.67 bits per heavy atom. The first-order chi connectivity index (χ1) is 7.18. The van der Waals surface area contributed by atoms with Crippen LogP contribution in [0.4, 0.5) is 0 Å². The lowest BCUT2D eigenvalue weighted by molar-refractivity contribution is -0.136. The highest BCUT2D eigenvalue weighted by atomic mass is 32.2. The Hall–Kier alpha value is -0.960. The molecule has 1 aromatic rings. The number of hydrogen-bond acceptors (Lipinski definition) is 2. The largest absolute Gasteiger partial charge is 0.481 e. The Kier molecular flexibility index (Phi) is 5.26. The third kappa shape index (κ3) is 5.47. The molecule has 0 radical (unpaired) electrons. The van der Waals surface area contributed by atoms with Gasteiger partial charge in [0.05, 0.1) is 6.42 Å². The molecule has 0 aliphatic carbocycles. The standard InChI is InChI=1S/C12H16O2S/c1-10(9-12(13)14)15-8-7-11-5-3-2-4-6-11/h2-6,10H,7-9H2,1H3,(H,13,14). The second kappa shape index (κ2) is 6.51. The van der Waals surface area contributed by atoms with E-state index in [9.17, 15) is 4.79 Å². The number of hydrogen-bond donors (Lipinski definition) is 1. The predicted octanol–water partition coefficient (Wildman–Crippen LogP) is 2.83. The maximum atomic E-state index is 10.4. The van der Waals surface area contributed by atoms with Crippen molar-refractivity contribution in [3.05, 3.63) is 35.9 Å². The highest BCUT2D eigenvalue weighted by Crippen LogP contribution is 2.15. The van der Waals surface area contributed by atoms with Crippen LogP contribution in [-0.2, 0) is 11.2 Å². The molecule has 0 aliphatic rings. The van der Waals surface area contributed by atoms with Crippen LogP contribution in [0, 0.1) is 0 Å². The van der Waals surface area contributed by atoms with Gasteiger partial charge in [-0.05, 0) is 17.7 Å². The number of carboxylic acid groups (broad SMARTS) is 1. The van der Waals surface area contributed by atoms with E-state index in [0.717, 1.165) is 12.2 Å². The van der Waals surface area contributed by atoms with Gasteiger partial charge < -0.3 is 5.11 Å². The van der Waals surface area contributed by atoms with Crippen LogP contribution in [0.15, 0.2) is 30.3 Å². The van der Waals surface area contributed by atoms with E-state index in [1.54, 1.807) is 11.8 Å². The maximum Gasteiger partial charge on any atom is 0.304 e. The highest BCUT2D eigenvalue weighted by Gasteiger charge is 2.07. The molecule has 1 aromatic carbocycles. The van der Waals surface area contributed by atoms with E-state index in [2.05, 4.69) is 12.1 Å². The van der Waals surface area contributed by atoms with Crippen molar-refractivity contribution >= 4 is 17.7 Å². The van der Waals surface area contributed by atoms with E-state index in [4.69, 9.17) is 5.11 Å². The van der Waals surface area contributed by atoms with Crippen molar-refractivity contribution < 1.29 is 9.90 Å². The van der Waals surface area contributed by atoms with E-state index in [1.165, 1.54) is 5.56 Å². The second-order valence-electron chi connectivity index (χ2n) is 3.51. The molecule has 0 aromatic heterocycles. The molecule has 0 saturated carbocycles. The van der Waals surface area contributed by atoms with Crippen molar-refractivity contribution in [2.24, 2.45) is 0 Å². The van der Waals surface area contributed by atoms with Crippen molar-refractivity contribution in [1.82, 2.24) is 0 Å². The minimum atomic E-state index is -0.713. The molecule has 0 fully saturated rings. The Labute approximate surface area is 94.7 Å². The summed E-state index contributed by atoms with van der Waals surface area (Å²) in [5.41, 5.74) is 1.31. The van der Waals surface area contributed by atoms with E-state index in [-0.39, 0.29) is 11.7 Å². The number of rotatable bonds is 6. The molecule has 0 bridgehead atoms. The fraction of sp³-hybridized carbons (Fsp3) is 0.417. The number of carbonyl (C=O) groups is 1.